The van der Waals surface area contributed by atoms with Crippen molar-refractivity contribution in [2.75, 3.05) is 12.8 Å². The molecule has 0 bridgehead atoms. The van der Waals surface area contributed by atoms with E-state index in [2.05, 4.69) is 13.8 Å². The van der Waals surface area contributed by atoms with Gasteiger partial charge in [0.05, 0.1) is 22.9 Å². The lowest BCUT2D eigenvalue weighted by molar-refractivity contribution is 0.301. The number of ether oxygens (including phenoxy) is 1. The zero-order valence-corrected chi connectivity index (χ0v) is 13.1. The summed E-state index contributed by atoms with van der Waals surface area (Å²) in [6, 6.07) is 4.82. The fourth-order valence-corrected chi connectivity index (χ4v) is 5.39. The highest BCUT2D eigenvalue weighted by molar-refractivity contribution is 7.92. The van der Waals surface area contributed by atoms with Crippen LogP contribution in [0.4, 0.5) is 5.69 Å². The number of hydrogen-bond donors (Lipinski definition) is 1. The minimum absolute atomic E-state index is 0.211. The molecule has 0 aromatic heterocycles. The van der Waals surface area contributed by atoms with Gasteiger partial charge in [-0.05, 0) is 43.2 Å². The van der Waals surface area contributed by atoms with E-state index in [1.807, 2.05) is 0 Å². The van der Waals surface area contributed by atoms with Crippen molar-refractivity contribution in [2.24, 2.45) is 11.8 Å². The second kappa shape index (κ2) is 5.64. The van der Waals surface area contributed by atoms with Gasteiger partial charge in [0, 0.05) is 6.07 Å². The number of sulfone groups is 1. The minimum Gasteiger partial charge on any atom is -0.497 e. The molecule has 1 aliphatic carbocycles. The monoisotopic (exact) mass is 297 g/mol. The second-order valence-corrected chi connectivity index (χ2v) is 8.18. The predicted octanol–water partition coefficient (Wildman–Crippen LogP) is 2.88. The summed E-state index contributed by atoms with van der Waals surface area (Å²) < 4.78 is 30.8. The summed E-state index contributed by atoms with van der Waals surface area (Å²) >= 11 is 0. The summed E-state index contributed by atoms with van der Waals surface area (Å²) in [6.07, 6.45) is 2.52. The third-order valence-electron chi connectivity index (χ3n) is 4.10. The van der Waals surface area contributed by atoms with Crippen LogP contribution in [0, 0.1) is 11.8 Å². The maximum atomic E-state index is 12.8. The van der Waals surface area contributed by atoms with E-state index in [0.29, 0.717) is 36.1 Å². The molecular weight excluding hydrogens is 274 g/mol. The highest BCUT2D eigenvalue weighted by Crippen LogP contribution is 2.37. The molecule has 2 unspecified atom stereocenters. The number of benzene rings is 1. The lowest BCUT2D eigenvalue weighted by atomic mass is 9.83. The van der Waals surface area contributed by atoms with Crippen LogP contribution in [0.5, 0.6) is 5.75 Å². The van der Waals surface area contributed by atoms with Gasteiger partial charge in [-0.15, -0.1) is 0 Å². The van der Waals surface area contributed by atoms with Gasteiger partial charge in [-0.2, -0.15) is 0 Å². The Hall–Kier alpha value is -1.23. The molecule has 2 rings (SSSR count). The summed E-state index contributed by atoms with van der Waals surface area (Å²) in [7, 11) is -1.88. The molecule has 0 spiro atoms. The van der Waals surface area contributed by atoms with Gasteiger partial charge in [0.25, 0.3) is 0 Å². The van der Waals surface area contributed by atoms with Crippen molar-refractivity contribution >= 4 is 15.5 Å². The van der Waals surface area contributed by atoms with E-state index < -0.39 is 9.84 Å². The van der Waals surface area contributed by atoms with Gasteiger partial charge in [-0.3, -0.25) is 0 Å². The molecule has 0 amide bonds. The van der Waals surface area contributed by atoms with Gasteiger partial charge in [0.15, 0.2) is 9.84 Å². The Labute approximate surface area is 121 Å². The lowest BCUT2D eigenvalue weighted by Crippen LogP contribution is -2.31. The maximum Gasteiger partial charge on any atom is 0.183 e. The number of methoxy groups -OCH3 is 1. The highest BCUT2D eigenvalue weighted by atomic mass is 32.2. The standard InChI is InChI=1S/C15H23NO3S/c1-10-6-11(2)8-13(7-10)20(17,18)15-9-12(19-3)4-5-14(15)16/h4-5,9-11,13H,6-8,16H2,1-3H3. The molecule has 1 aromatic carbocycles. The average molecular weight is 297 g/mol. The first-order valence-electron chi connectivity index (χ1n) is 7.02. The molecule has 4 nitrogen and oxygen atoms in total. The Morgan fingerprint density at radius 1 is 1.15 bits per heavy atom. The van der Waals surface area contributed by atoms with Gasteiger partial charge < -0.3 is 10.5 Å². The van der Waals surface area contributed by atoms with E-state index in [1.54, 1.807) is 12.1 Å². The Kier molecular flexibility index (Phi) is 4.28. The van der Waals surface area contributed by atoms with Crippen LogP contribution in [0.25, 0.3) is 0 Å². The van der Waals surface area contributed by atoms with Crippen molar-refractivity contribution in [3.8, 4) is 5.75 Å². The molecule has 0 radical (unpaired) electrons. The Morgan fingerprint density at radius 3 is 2.30 bits per heavy atom. The SMILES string of the molecule is COc1ccc(N)c(S(=O)(=O)C2CC(C)CC(C)C2)c1. The van der Waals surface area contributed by atoms with Gasteiger partial charge in [-0.25, -0.2) is 8.42 Å². The third kappa shape index (κ3) is 2.92. The summed E-state index contributed by atoms with van der Waals surface area (Å²) in [5.74, 6) is 1.39. The van der Waals surface area contributed by atoms with Crippen molar-refractivity contribution in [3.05, 3.63) is 18.2 Å². The topological polar surface area (TPSA) is 69.4 Å². The van der Waals surface area contributed by atoms with Gasteiger partial charge in [0.1, 0.15) is 5.75 Å². The summed E-state index contributed by atoms with van der Waals surface area (Å²) in [5, 5.41) is -0.337. The van der Waals surface area contributed by atoms with Crippen LogP contribution in [0.3, 0.4) is 0 Å². The van der Waals surface area contributed by atoms with Gasteiger partial charge in [0.2, 0.25) is 0 Å². The molecule has 1 aromatic rings. The molecule has 1 aliphatic rings. The van der Waals surface area contributed by atoms with Gasteiger partial charge in [-0.1, -0.05) is 13.8 Å². The van der Waals surface area contributed by atoms with Gasteiger partial charge >= 0.3 is 0 Å². The van der Waals surface area contributed by atoms with Crippen molar-refractivity contribution < 1.29 is 13.2 Å². The molecule has 1 fully saturated rings. The zero-order valence-electron chi connectivity index (χ0n) is 12.3. The first-order valence-corrected chi connectivity index (χ1v) is 8.56. The molecule has 5 heteroatoms. The Bertz CT molecular complexity index is 573. The third-order valence-corrected chi connectivity index (χ3v) is 6.33. The highest BCUT2D eigenvalue weighted by Gasteiger charge is 2.35. The van der Waals surface area contributed by atoms with Crippen LogP contribution < -0.4 is 10.5 Å². The second-order valence-electron chi connectivity index (χ2n) is 5.99. The van der Waals surface area contributed by atoms with Crippen molar-refractivity contribution in [2.45, 2.75) is 43.3 Å². The zero-order chi connectivity index (χ0) is 14.9. The summed E-state index contributed by atoms with van der Waals surface area (Å²) in [4.78, 5) is 0.211. The maximum absolute atomic E-state index is 12.8. The Morgan fingerprint density at radius 2 is 1.75 bits per heavy atom. The number of hydrogen-bond acceptors (Lipinski definition) is 4. The molecule has 0 saturated heterocycles. The molecule has 1 saturated carbocycles. The molecule has 2 N–H and O–H groups in total. The summed E-state index contributed by atoms with van der Waals surface area (Å²) in [6.45, 7) is 4.24. The number of rotatable bonds is 3. The van der Waals surface area contributed by atoms with Crippen LogP contribution in [-0.4, -0.2) is 20.8 Å². The molecule has 0 heterocycles. The first-order chi connectivity index (χ1) is 9.34. The molecule has 112 valence electrons. The van der Waals surface area contributed by atoms with Crippen LogP contribution in [0.2, 0.25) is 0 Å². The minimum atomic E-state index is -3.40. The summed E-state index contributed by atoms with van der Waals surface area (Å²) in [5.41, 5.74) is 6.17. The largest absolute Gasteiger partial charge is 0.497 e. The average Bonchev–Trinajstić information content (AvgIpc) is 2.38. The van der Waals surface area contributed by atoms with Crippen LogP contribution >= 0.6 is 0 Å². The quantitative estimate of drug-likeness (QED) is 0.871. The first kappa shape index (κ1) is 15.2. The van der Waals surface area contributed by atoms with Crippen LogP contribution in [0.15, 0.2) is 23.1 Å². The molecule has 20 heavy (non-hydrogen) atoms. The number of nitrogens with two attached hydrogens (primary N) is 1. The van der Waals surface area contributed by atoms with E-state index in [-0.39, 0.29) is 10.1 Å². The van der Waals surface area contributed by atoms with E-state index in [9.17, 15) is 8.42 Å². The van der Waals surface area contributed by atoms with Crippen LogP contribution in [-0.2, 0) is 9.84 Å². The lowest BCUT2D eigenvalue weighted by Gasteiger charge is -2.31. The van der Waals surface area contributed by atoms with E-state index in [4.69, 9.17) is 10.5 Å². The van der Waals surface area contributed by atoms with E-state index in [1.165, 1.54) is 13.2 Å². The van der Waals surface area contributed by atoms with Crippen LogP contribution in [0.1, 0.15) is 33.1 Å². The molecule has 2 atom stereocenters. The van der Waals surface area contributed by atoms with Crippen molar-refractivity contribution in [1.82, 2.24) is 0 Å². The van der Waals surface area contributed by atoms with E-state index in [0.717, 1.165) is 6.42 Å². The normalized spacial score (nSPS) is 27.2. The Balaban J connectivity index is 2.39. The fraction of sp³-hybridized carbons (Fsp3) is 0.600. The van der Waals surface area contributed by atoms with E-state index >= 15 is 0 Å². The smallest absolute Gasteiger partial charge is 0.183 e. The molecular formula is C15H23NO3S. The number of nitrogen functional groups attached to an aromatic ring is 1. The van der Waals surface area contributed by atoms with Crippen molar-refractivity contribution in [1.29, 1.82) is 0 Å². The fourth-order valence-electron chi connectivity index (χ4n) is 3.19. The number of anilines is 1. The predicted molar refractivity (Wildman–Crippen MR) is 80.6 cm³/mol. The molecule has 0 aliphatic heterocycles. The van der Waals surface area contributed by atoms with Crippen molar-refractivity contribution in [3.63, 3.8) is 0 Å².